The van der Waals surface area contributed by atoms with E-state index < -0.39 is 7.75 Å². The van der Waals surface area contributed by atoms with E-state index in [4.69, 9.17) is 14.8 Å². The van der Waals surface area contributed by atoms with Crippen LogP contribution in [0.2, 0.25) is 0 Å². The zero-order chi connectivity index (χ0) is 29.4. The molecule has 0 saturated heterocycles. The van der Waals surface area contributed by atoms with Gasteiger partial charge in [-0.3, -0.25) is 18.6 Å². The summed E-state index contributed by atoms with van der Waals surface area (Å²) >= 11 is 2.19. The van der Waals surface area contributed by atoms with Crippen LogP contribution in [0.1, 0.15) is 46.0 Å². The molecule has 0 spiro atoms. The standard InChI is InChI=1S/C28H31N6O5PS2/c29-25-24-26(31-18-30-25)34(19-32-24)23-12-11-22(17-23)33-40(37,38-13-15-41-27(35)20-7-3-1-4-8-20)39-14-16-42-28(36)21-9-5-2-6-10-21/h1-10,18-19,22-23H,11-17H2,(H,33,37)(H2,29,30,31). The van der Waals surface area contributed by atoms with Gasteiger partial charge in [-0.25, -0.2) is 24.6 Å². The average molecular weight is 627 g/mol. The maximum absolute atomic E-state index is 13.8. The maximum Gasteiger partial charge on any atom is 0.405 e. The first-order chi connectivity index (χ1) is 20.4. The van der Waals surface area contributed by atoms with E-state index in [1.807, 2.05) is 16.7 Å². The molecule has 0 aliphatic heterocycles. The van der Waals surface area contributed by atoms with Crippen molar-refractivity contribution in [3.8, 4) is 0 Å². The SMILES string of the molecule is Nc1ncnc2c1ncn2C1CCC(NP(=O)(OCCSC(=O)c2ccccc2)OCCSC(=O)c2ccccc2)C1. The van der Waals surface area contributed by atoms with Crippen LogP contribution < -0.4 is 10.8 Å². The molecule has 5 rings (SSSR count). The van der Waals surface area contributed by atoms with E-state index in [-0.39, 0.29) is 35.5 Å². The van der Waals surface area contributed by atoms with E-state index in [0.29, 0.717) is 46.0 Å². The molecule has 2 atom stereocenters. The summed E-state index contributed by atoms with van der Waals surface area (Å²) in [6, 6.07) is 17.8. The van der Waals surface area contributed by atoms with Crippen LogP contribution in [0, 0.1) is 0 Å². The molecular weight excluding hydrogens is 595 g/mol. The van der Waals surface area contributed by atoms with Gasteiger partial charge in [0.1, 0.15) is 11.8 Å². The summed E-state index contributed by atoms with van der Waals surface area (Å²) in [6.07, 6.45) is 5.29. The average Bonchev–Trinajstić information content (AvgIpc) is 3.66. The Kier molecular flexibility index (Phi) is 10.4. The van der Waals surface area contributed by atoms with Crippen LogP contribution in [0.25, 0.3) is 11.2 Å². The molecule has 1 aliphatic rings. The van der Waals surface area contributed by atoms with Crippen LogP contribution in [-0.4, -0.2) is 60.5 Å². The molecule has 14 heteroatoms. The highest BCUT2D eigenvalue weighted by Gasteiger charge is 2.35. The molecule has 1 fully saturated rings. The predicted molar refractivity (Wildman–Crippen MR) is 166 cm³/mol. The van der Waals surface area contributed by atoms with Crippen LogP contribution >= 0.6 is 31.3 Å². The molecular formula is C28H31N6O5PS2. The number of rotatable bonds is 13. The lowest BCUT2D eigenvalue weighted by Gasteiger charge is -2.23. The van der Waals surface area contributed by atoms with Gasteiger partial charge in [0.05, 0.1) is 19.5 Å². The summed E-state index contributed by atoms with van der Waals surface area (Å²) in [5.74, 6) is 0.934. The van der Waals surface area contributed by atoms with Crippen molar-refractivity contribution in [2.45, 2.75) is 31.3 Å². The highest BCUT2D eigenvalue weighted by molar-refractivity contribution is 8.14. The van der Waals surface area contributed by atoms with Gasteiger partial charge < -0.3 is 10.3 Å². The molecule has 1 saturated carbocycles. The monoisotopic (exact) mass is 626 g/mol. The molecule has 2 heterocycles. The molecule has 220 valence electrons. The largest absolute Gasteiger partial charge is 0.405 e. The Morgan fingerprint density at radius 1 is 0.905 bits per heavy atom. The van der Waals surface area contributed by atoms with Gasteiger partial charge in [0.15, 0.2) is 11.5 Å². The summed E-state index contributed by atoms with van der Waals surface area (Å²) in [5.41, 5.74) is 8.34. The van der Waals surface area contributed by atoms with E-state index >= 15 is 0 Å². The Labute approximate surface area is 252 Å². The number of nitrogens with zero attached hydrogens (tertiary/aromatic N) is 4. The predicted octanol–water partition coefficient (Wildman–Crippen LogP) is 5.38. The molecule has 0 amide bonds. The van der Waals surface area contributed by atoms with Gasteiger partial charge in [0.2, 0.25) is 10.2 Å². The second-order valence-corrected chi connectivity index (χ2v) is 13.4. The summed E-state index contributed by atoms with van der Waals surface area (Å²) in [4.78, 5) is 37.6. The molecule has 0 bridgehead atoms. The van der Waals surface area contributed by atoms with Gasteiger partial charge in [0.25, 0.3) is 0 Å². The lowest BCUT2D eigenvalue weighted by molar-refractivity contribution is 0.108. The third-order valence-electron chi connectivity index (χ3n) is 6.70. The van der Waals surface area contributed by atoms with Crippen LogP contribution in [0.5, 0.6) is 0 Å². The molecule has 2 aromatic carbocycles. The van der Waals surface area contributed by atoms with Gasteiger partial charge in [0, 0.05) is 34.7 Å². The number of nitrogens with one attached hydrogen (secondary N) is 1. The number of nitrogens with two attached hydrogens (primary N) is 1. The Bertz CT molecular complexity index is 1490. The molecule has 11 nitrogen and oxygen atoms in total. The number of hydrogen-bond acceptors (Lipinski definition) is 11. The lowest BCUT2D eigenvalue weighted by Crippen LogP contribution is -2.27. The number of imidazole rings is 1. The number of benzene rings is 2. The van der Waals surface area contributed by atoms with Crippen molar-refractivity contribution < 1.29 is 23.2 Å². The summed E-state index contributed by atoms with van der Waals surface area (Å²) < 4.78 is 27.4. The van der Waals surface area contributed by atoms with E-state index in [0.717, 1.165) is 36.4 Å². The van der Waals surface area contributed by atoms with Crippen LogP contribution in [0.3, 0.4) is 0 Å². The molecule has 1 aliphatic carbocycles. The second-order valence-electron chi connectivity index (χ2n) is 9.54. The Balaban J connectivity index is 1.18. The molecule has 2 unspecified atom stereocenters. The third-order valence-corrected chi connectivity index (χ3v) is 10.2. The van der Waals surface area contributed by atoms with Crippen molar-refractivity contribution in [3.05, 3.63) is 84.4 Å². The van der Waals surface area contributed by atoms with Crippen molar-refractivity contribution in [3.63, 3.8) is 0 Å². The van der Waals surface area contributed by atoms with Crippen molar-refractivity contribution in [2.75, 3.05) is 30.5 Å². The van der Waals surface area contributed by atoms with Crippen LogP contribution in [0.4, 0.5) is 5.82 Å². The van der Waals surface area contributed by atoms with Crippen LogP contribution in [-0.2, 0) is 13.6 Å². The minimum atomic E-state index is -3.76. The van der Waals surface area contributed by atoms with Gasteiger partial charge in [-0.15, -0.1) is 0 Å². The Morgan fingerprint density at radius 3 is 2.10 bits per heavy atom. The topological polar surface area (TPSA) is 151 Å². The summed E-state index contributed by atoms with van der Waals surface area (Å²) in [6.45, 7) is 0.0875. The van der Waals surface area contributed by atoms with Gasteiger partial charge in [-0.1, -0.05) is 84.2 Å². The second kappa shape index (κ2) is 14.4. The molecule has 4 aromatic rings. The van der Waals surface area contributed by atoms with E-state index in [2.05, 4.69) is 20.0 Å². The maximum atomic E-state index is 13.8. The number of nitrogen functional groups attached to an aromatic ring is 1. The highest BCUT2D eigenvalue weighted by atomic mass is 32.2. The van der Waals surface area contributed by atoms with Crippen molar-refractivity contribution in [2.24, 2.45) is 0 Å². The molecule has 3 N–H and O–H groups in total. The Morgan fingerprint density at radius 2 is 1.50 bits per heavy atom. The summed E-state index contributed by atoms with van der Waals surface area (Å²) in [7, 11) is -3.76. The normalized spacial score (nSPS) is 17.0. The first-order valence-electron chi connectivity index (χ1n) is 13.5. The quantitative estimate of drug-likeness (QED) is 0.145. The van der Waals surface area contributed by atoms with Gasteiger partial charge in [-0.2, -0.15) is 0 Å². The molecule has 2 aromatic heterocycles. The highest BCUT2D eigenvalue weighted by Crippen LogP contribution is 2.47. The van der Waals surface area contributed by atoms with Gasteiger partial charge >= 0.3 is 7.75 Å². The third kappa shape index (κ3) is 7.85. The first kappa shape index (κ1) is 30.4. The molecule has 0 radical (unpaired) electrons. The van der Waals surface area contributed by atoms with Crippen molar-refractivity contribution in [1.29, 1.82) is 0 Å². The van der Waals surface area contributed by atoms with E-state index in [1.165, 1.54) is 6.33 Å². The smallest absolute Gasteiger partial charge is 0.382 e. The fourth-order valence-corrected chi connectivity index (χ4v) is 7.82. The zero-order valence-electron chi connectivity index (χ0n) is 22.7. The van der Waals surface area contributed by atoms with Crippen molar-refractivity contribution in [1.82, 2.24) is 24.6 Å². The minimum absolute atomic E-state index is 0.0438. The van der Waals surface area contributed by atoms with E-state index in [9.17, 15) is 14.2 Å². The Hall–Kier alpha value is -3.06. The number of carbonyl (C=O) groups is 2. The first-order valence-corrected chi connectivity index (χ1v) is 17.0. The number of hydrogen-bond donors (Lipinski definition) is 2. The fourth-order valence-electron chi connectivity index (χ4n) is 4.70. The van der Waals surface area contributed by atoms with Gasteiger partial charge in [-0.05, 0) is 19.3 Å². The number of carbonyl (C=O) groups excluding carboxylic acids is 2. The van der Waals surface area contributed by atoms with E-state index in [1.54, 1.807) is 54.9 Å². The van der Waals surface area contributed by atoms with Crippen LogP contribution in [0.15, 0.2) is 73.3 Å². The number of thioether (sulfide) groups is 2. The minimum Gasteiger partial charge on any atom is -0.382 e. The van der Waals surface area contributed by atoms with Crippen molar-refractivity contribution >= 4 is 58.5 Å². The number of fused-ring (bicyclic) bond motifs is 1. The number of aromatic nitrogens is 4. The number of anilines is 1. The lowest BCUT2D eigenvalue weighted by atomic mass is 10.2. The zero-order valence-corrected chi connectivity index (χ0v) is 25.2. The fraction of sp³-hybridized carbons (Fsp3) is 0.321. The molecule has 42 heavy (non-hydrogen) atoms. The summed E-state index contributed by atoms with van der Waals surface area (Å²) in [5, 5.41) is 2.94.